The Morgan fingerprint density at radius 2 is 1.79 bits per heavy atom. The van der Waals surface area contributed by atoms with E-state index in [0.717, 1.165) is 5.56 Å². The summed E-state index contributed by atoms with van der Waals surface area (Å²) >= 11 is 0. The summed E-state index contributed by atoms with van der Waals surface area (Å²) in [6, 6.07) is 6.14. The van der Waals surface area contributed by atoms with Gasteiger partial charge in [-0.05, 0) is 34.9 Å². The van der Waals surface area contributed by atoms with Crippen LogP contribution in [0.15, 0.2) is 18.2 Å². The first-order valence-electron chi connectivity index (χ1n) is 7.72. The van der Waals surface area contributed by atoms with Crippen LogP contribution in [0.3, 0.4) is 0 Å². The number of benzene rings is 1. The van der Waals surface area contributed by atoms with E-state index in [-0.39, 0.29) is 5.41 Å². The maximum atomic E-state index is 9.92. The summed E-state index contributed by atoms with van der Waals surface area (Å²) in [6.45, 7) is 11.1. The average molecular weight is 262 g/mol. The average Bonchev–Trinajstić information content (AvgIpc) is 2.34. The van der Waals surface area contributed by atoms with Crippen molar-refractivity contribution in [1.82, 2.24) is 0 Å². The van der Waals surface area contributed by atoms with Crippen LogP contribution in [-0.2, 0) is 5.41 Å². The Balaban J connectivity index is 2.80. The maximum absolute atomic E-state index is 9.92. The highest BCUT2D eigenvalue weighted by Gasteiger charge is 2.21. The van der Waals surface area contributed by atoms with Crippen LogP contribution in [0.1, 0.15) is 83.8 Å². The van der Waals surface area contributed by atoms with Gasteiger partial charge >= 0.3 is 0 Å². The van der Waals surface area contributed by atoms with E-state index in [1.165, 1.54) is 37.7 Å². The van der Waals surface area contributed by atoms with Gasteiger partial charge in [0.15, 0.2) is 0 Å². The molecule has 0 amide bonds. The van der Waals surface area contributed by atoms with Gasteiger partial charge < -0.3 is 5.11 Å². The van der Waals surface area contributed by atoms with Crippen molar-refractivity contribution >= 4 is 0 Å². The third-order valence-electron chi connectivity index (χ3n) is 4.09. The van der Waals surface area contributed by atoms with Crippen molar-refractivity contribution in [3.63, 3.8) is 0 Å². The standard InChI is InChI=1S/C18H30O/c1-6-7-8-9-12-18(4,5)15-10-11-17(19)16(13-15)14(2)3/h10-11,13-14,19H,6-9,12H2,1-5H3. The van der Waals surface area contributed by atoms with Gasteiger partial charge in [0.1, 0.15) is 5.75 Å². The molecule has 0 bridgehead atoms. The third kappa shape index (κ3) is 4.56. The zero-order valence-electron chi connectivity index (χ0n) is 13.3. The van der Waals surface area contributed by atoms with E-state index in [9.17, 15) is 5.11 Å². The van der Waals surface area contributed by atoms with E-state index in [0.29, 0.717) is 11.7 Å². The molecule has 0 atom stereocenters. The van der Waals surface area contributed by atoms with Crippen LogP contribution in [0.25, 0.3) is 0 Å². The Hall–Kier alpha value is -0.980. The van der Waals surface area contributed by atoms with E-state index < -0.39 is 0 Å². The van der Waals surface area contributed by atoms with Crippen molar-refractivity contribution in [2.45, 2.75) is 78.1 Å². The largest absolute Gasteiger partial charge is 0.508 e. The highest BCUT2D eigenvalue weighted by Crippen LogP contribution is 2.34. The Morgan fingerprint density at radius 3 is 2.37 bits per heavy atom. The number of hydrogen-bond donors (Lipinski definition) is 1. The second-order valence-corrected chi connectivity index (χ2v) is 6.62. The van der Waals surface area contributed by atoms with Gasteiger partial charge in [0.2, 0.25) is 0 Å². The fraction of sp³-hybridized carbons (Fsp3) is 0.667. The highest BCUT2D eigenvalue weighted by atomic mass is 16.3. The lowest BCUT2D eigenvalue weighted by molar-refractivity contribution is 0.440. The fourth-order valence-electron chi connectivity index (χ4n) is 2.58. The number of aromatic hydroxyl groups is 1. The van der Waals surface area contributed by atoms with Gasteiger partial charge in [-0.15, -0.1) is 0 Å². The van der Waals surface area contributed by atoms with Gasteiger partial charge in [-0.2, -0.15) is 0 Å². The van der Waals surface area contributed by atoms with Gasteiger partial charge in [0.05, 0.1) is 0 Å². The van der Waals surface area contributed by atoms with Crippen LogP contribution in [0, 0.1) is 0 Å². The number of phenols is 1. The first-order valence-corrected chi connectivity index (χ1v) is 7.72. The molecule has 1 N–H and O–H groups in total. The third-order valence-corrected chi connectivity index (χ3v) is 4.09. The summed E-state index contributed by atoms with van der Waals surface area (Å²) in [5.41, 5.74) is 2.62. The first-order chi connectivity index (χ1) is 8.88. The quantitative estimate of drug-likeness (QED) is 0.619. The van der Waals surface area contributed by atoms with E-state index in [2.05, 4.69) is 46.8 Å². The van der Waals surface area contributed by atoms with E-state index in [4.69, 9.17) is 0 Å². The molecule has 108 valence electrons. The summed E-state index contributed by atoms with van der Waals surface area (Å²) in [7, 11) is 0. The van der Waals surface area contributed by atoms with Crippen molar-refractivity contribution in [2.75, 3.05) is 0 Å². The SMILES string of the molecule is CCCCCCC(C)(C)c1ccc(O)c(C(C)C)c1. The molecule has 0 aliphatic heterocycles. The minimum atomic E-state index is 0.199. The van der Waals surface area contributed by atoms with Crippen LogP contribution in [0.4, 0.5) is 0 Å². The topological polar surface area (TPSA) is 20.2 Å². The molecule has 0 aliphatic rings. The van der Waals surface area contributed by atoms with Gasteiger partial charge in [-0.25, -0.2) is 0 Å². The van der Waals surface area contributed by atoms with Gasteiger partial charge in [-0.1, -0.05) is 72.4 Å². The van der Waals surface area contributed by atoms with Gasteiger partial charge in [0.25, 0.3) is 0 Å². The van der Waals surface area contributed by atoms with Crippen LogP contribution in [0.2, 0.25) is 0 Å². The molecular formula is C18H30O. The van der Waals surface area contributed by atoms with E-state index >= 15 is 0 Å². The molecule has 0 heterocycles. The molecular weight excluding hydrogens is 232 g/mol. The Bertz CT molecular complexity index is 391. The van der Waals surface area contributed by atoms with Crippen molar-refractivity contribution < 1.29 is 5.11 Å². The molecule has 0 saturated carbocycles. The van der Waals surface area contributed by atoms with Crippen LogP contribution < -0.4 is 0 Å². The number of phenolic OH excluding ortho intramolecular Hbond substituents is 1. The molecule has 1 aromatic rings. The zero-order chi connectivity index (χ0) is 14.5. The van der Waals surface area contributed by atoms with Crippen LogP contribution in [-0.4, -0.2) is 5.11 Å². The fourth-order valence-corrected chi connectivity index (χ4v) is 2.58. The molecule has 0 saturated heterocycles. The molecule has 0 aliphatic carbocycles. The van der Waals surface area contributed by atoms with Crippen LogP contribution >= 0.6 is 0 Å². The lowest BCUT2D eigenvalue weighted by Crippen LogP contribution is -2.17. The minimum Gasteiger partial charge on any atom is -0.508 e. The predicted octanol–water partition coefficient (Wildman–Crippen LogP) is 5.76. The monoisotopic (exact) mass is 262 g/mol. The highest BCUT2D eigenvalue weighted by molar-refractivity contribution is 5.40. The normalized spacial score (nSPS) is 12.1. The Kier molecular flexibility index (Phi) is 5.90. The molecule has 0 radical (unpaired) electrons. The molecule has 1 rings (SSSR count). The lowest BCUT2D eigenvalue weighted by atomic mass is 9.78. The predicted molar refractivity (Wildman–Crippen MR) is 84.0 cm³/mol. The van der Waals surface area contributed by atoms with Crippen molar-refractivity contribution in [1.29, 1.82) is 0 Å². The molecule has 0 fully saturated rings. The minimum absolute atomic E-state index is 0.199. The lowest BCUT2D eigenvalue weighted by Gasteiger charge is -2.26. The van der Waals surface area contributed by atoms with Crippen molar-refractivity contribution in [3.8, 4) is 5.75 Å². The molecule has 19 heavy (non-hydrogen) atoms. The molecule has 1 aromatic carbocycles. The molecule has 1 nitrogen and oxygen atoms in total. The number of rotatable bonds is 7. The summed E-state index contributed by atoms with van der Waals surface area (Å²) in [6.07, 6.45) is 6.46. The maximum Gasteiger partial charge on any atom is 0.119 e. The van der Waals surface area contributed by atoms with Gasteiger partial charge in [-0.3, -0.25) is 0 Å². The second kappa shape index (κ2) is 6.98. The Labute approximate surface area is 119 Å². The molecule has 0 unspecified atom stereocenters. The molecule has 0 spiro atoms. The summed E-state index contributed by atoms with van der Waals surface area (Å²) < 4.78 is 0. The summed E-state index contributed by atoms with van der Waals surface area (Å²) in [5.74, 6) is 0.802. The smallest absolute Gasteiger partial charge is 0.119 e. The van der Waals surface area contributed by atoms with E-state index in [1.54, 1.807) is 0 Å². The number of hydrogen-bond acceptors (Lipinski definition) is 1. The van der Waals surface area contributed by atoms with Gasteiger partial charge in [0, 0.05) is 0 Å². The Morgan fingerprint density at radius 1 is 1.11 bits per heavy atom. The van der Waals surface area contributed by atoms with Crippen LogP contribution in [0.5, 0.6) is 5.75 Å². The first kappa shape index (κ1) is 16.1. The molecule has 0 aromatic heterocycles. The summed E-state index contributed by atoms with van der Waals surface area (Å²) in [5, 5.41) is 9.92. The second-order valence-electron chi connectivity index (χ2n) is 6.62. The summed E-state index contributed by atoms with van der Waals surface area (Å²) in [4.78, 5) is 0. The number of unbranched alkanes of at least 4 members (excludes halogenated alkanes) is 3. The van der Waals surface area contributed by atoms with Crippen molar-refractivity contribution in [3.05, 3.63) is 29.3 Å². The van der Waals surface area contributed by atoms with E-state index in [1.807, 2.05) is 6.07 Å². The zero-order valence-corrected chi connectivity index (χ0v) is 13.3. The molecule has 1 heteroatoms. The van der Waals surface area contributed by atoms with Crippen molar-refractivity contribution in [2.24, 2.45) is 0 Å².